The summed E-state index contributed by atoms with van der Waals surface area (Å²) < 4.78 is 47.5. The molecule has 3 aromatic rings. The summed E-state index contributed by atoms with van der Waals surface area (Å²) >= 11 is 1.34. The van der Waals surface area contributed by atoms with E-state index in [2.05, 4.69) is 10.1 Å². The van der Waals surface area contributed by atoms with E-state index in [-0.39, 0.29) is 23.2 Å². The van der Waals surface area contributed by atoms with Gasteiger partial charge in [-0.1, -0.05) is 6.07 Å². The summed E-state index contributed by atoms with van der Waals surface area (Å²) in [6, 6.07) is 6.17. The monoisotopic (exact) mass is 436 g/mol. The van der Waals surface area contributed by atoms with Crippen LogP contribution in [0, 0.1) is 0 Å². The largest absolute Gasteiger partial charge is 0.433 e. The van der Waals surface area contributed by atoms with Crippen molar-refractivity contribution in [2.45, 2.75) is 37.5 Å². The first-order chi connectivity index (χ1) is 14.4. The van der Waals surface area contributed by atoms with Gasteiger partial charge in [0.25, 0.3) is 5.91 Å². The molecule has 30 heavy (non-hydrogen) atoms. The van der Waals surface area contributed by atoms with Crippen LogP contribution in [-0.2, 0) is 15.7 Å². The molecule has 5 heterocycles. The molecule has 0 unspecified atom stereocenters. The van der Waals surface area contributed by atoms with Gasteiger partial charge >= 0.3 is 6.18 Å². The Labute approximate surface area is 174 Å². The molecule has 6 nitrogen and oxygen atoms in total. The SMILES string of the molecule is O=C([C@@H]1CCCO1)N1CC[C@H](c2cc3nc(-c4cccs4)cc(C(F)(F)F)n3n2)C1. The number of ether oxygens (including phenoxy) is 1. The molecule has 0 bridgehead atoms. The topological polar surface area (TPSA) is 59.7 Å². The molecule has 0 spiro atoms. The standard InChI is InChI=1S/C20H19F3N4O2S/c21-20(22,23)17-9-14(16-4-2-8-30-16)24-18-10-13(25-27(17)18)12-5-6-26(11-12)19(28)15-3-1-7-29-15/h2,4,8-10,12,15H,1,3,5-7,11H2/t12-,15-/m0/s1. The second kappa shape index (κ2) is 7.35. The van der Waals surface area contributed by atoms with E-state index in [9.17, 15) is 18.0 Å². The van der Waals surface area contributed by atoms with Crippen LogP contribution in [-0.4, -0.2) is 51.2 Å². The third kappa shape index (κ3) is 3.47. The Kier molecular flexibility index (Phi) is 4.78. The predicted molar refractivity (Wildman–Crippen MR) is 104 cm³/mol. The molecule has 0 saturated carbocycles. The Balaban J connectivity index is 1.46. The summed E-state index contributed by atoms with van der Waals surface area (Å²) in [5, 5.41) is 6.04. The number of likely N-dealkylation sites (tertiary alicyclic amines) is 1. The van der Waals surface area contributed by atoms with Gasteiger partial charge in [0.15, 0.2) is 11.3 Å². The van der Waals surface area contributed by atoms with E-state index in [1.807, 2.05) is 0 Å². The molecule has 2 atom stereocenters. The number of halogens is 3. The molecule has 5 rings (SSSR count). The number of hydrogen-bond donors (Lipinski definition) is 0. The zero-order valence-corrected chi connectivity index (χ0v) is 16.7. The maximum absolute atomic E-state index is 13.7. The highest BCUT2D eigenvalue weighted by atomic mass is 32.1. The zero-order chi connectivity index (χ0) is 20.9. The summed E-state index contributed by atoms with van der Waals surface area (Å²) in [7, 11) is 0. The fourth-order valence-corrected chi connectivity index (χ4v) is 4.81. The number of amides is 1. The van der Waals surface area contributed by atoms with Crippen molar-refractivity contribution in [1.29, 1.82) is 0 Å². The summed E-state index contributed by atoms with van der Waals surface area (Å²) in [6.45, 7) is 1.58. The molecule has 2 fully saturated rings. The van der Waals surface area contributed by atoms with Crippen LogP contribution in [0.3, 0.4) is 0 Å². The fourth-order valence-electron chi connectivity index (χ4n) is 4.12. The average Bonchev–Trinajstić information content (AvgIpc) is 3.52. The Bertz CT molecular complexity index is 1070. The van der Waals surface area contributed by atoms with Crippen molar-refractivity contribution >= 4 is 22.9 Å². The van der Waals surface area contributed by atoms with E-state index in [0.29, 0.717) is 36.7 Å². The molecular weight excluding hydrogens is 417 g/mol. The zero-order valence-electron chi connectivity index (χ0n) is 15.9. The van der Waals surface area contributed by atoms with Crippen molar-refractivity contribution in [1.82, 2.24) is 19.5 Å². The summed E-state index contributed by atoms with van der Waals surface area (Å²) in [4.78, 5) is 19.4. The second-order valence-corrected chi connectivity index (χ2v) is 8.56. The number of carbonyl (C=O) groups excluding carboxylic acids is 1. The van der Waals surface area contributed by atoms with Crippen molar-refractivity contribution in [2.75, 3.05) is 19.7 Å². The van der Waals surface area contributed by atoms with Gasteiger partial charge in [-0.3, -0.25) is 4.79 Å². The minimum Gasteiger partial charge on any atom is -0.368 e. The number of thiophene rings is 1. The molecule has 0 radical (unpaired) electrons. The van der Waals surface area contributed by atoms with Crippen molar-refractivity contribution in [3.8, 4) is 10.6 Å². The fraction of sp³-hybridized carbons (Fsp3) is 0.450. The maximum Gasteiger partial charge on any atom is 0.433 e. The number of aromatic nitrogens is 3. The average molecular weight is 436 g/mol. The molecule has 2 saturated heterocycles. The molecule has 1 amide bonds. The van der Waals surface area contributed by atoms with Gasteiger partial charge in [-0.05, 0) is 36.8 Å². The normalized spacial score (nSPS) is 22.3. The molecular formula is C20H19F3N4O2S. The van der Waals surface area contributed by atoms with Crippen LogP contribution >= 0.6 is 11.3 Å². The van der Waals surface area contributed by atoms with Crippen LogP contribution in [0.4, 0.5) is 13.2 Å². The van der Waals surface area contributed by atoms with Crippen molar-refractivity contribution in [3.63, 3.8) is 0 Å². The summed E-state index contributed by atoms with van der Waals surface area (Å²) in [5.74, 6) is -0.156. The Hall–Kier alpha value is -2.46. The lowest BCUT2D eigenvalue weighted by molar-refractivity contribution is -0.142. The number of alkyl halides is 3. The van der Waals surface area contributed by atoms with Gasteiger partial charge in [-0.25, -0.2) is 9.50 Å². The lowest BCUT2D eigenvalue weighted by atomic mass is 10.1. The van der Waals surface area contributed by atoms with Crippen molar-refractivity contribution in [2.24, 2.45) is 0 Å². The van der Waals surface area contributed by atoms with Crippen LogP contribution in [0.25, 0.3) is 16.2 Å². The van der Waals surface area contributed by atoms with Crippen molar-refractivity contribution in [3.05, 3.63) is 41.0 Å². The number of hydrogen-bond acceptors (Lipinski definition) is 5. The van der Waals surface area contributed by atoms with Crippen LogP contribution in [0.1, 0.15) is 36.6 Å². The van der Waals surface area contributed by atoms with Gasteiger partial charge < -0.3 is 9.64 Å². The van der Waals surface area contributed by atoms with Crippen molar-refractivity contribution < 1.29 is 22.7 Å². The lowest BCUT2D eigenvalue weighted by Crippen LogP contribution is -2.37. The first-order valence-corrected chi connectivity index (χ1v) is 10.7. The summed E-state index contributed by atoms with van der Waals surface area (Å²) in [5.41, 5.74) is 0.108. The minimum absolute atomic E-state index is 0.0344. The number of fused-ring (bicyclic) bond motifs is 1. The van der Waals surface area contributed by atoms with Gasteiger partial charge in [0.2, 0.25) is 0 Å². The van der Waals surface area contributed by atoms with Crippen LogP contribution in [0.2, 0.25) is 0 Å². The van der Waals surface area contributed by atoms with Gasteiger partial charge in [0.05, 0.1) is 16.3 Å². The smallest absolute Gasteiger partial charge is 0.368 e. The highest BCUT2D eigenvalue weighted by Crippen LogP contribution is 2.35. The van der Waals surface area contributed by atoms with E-state index in [1.165, 1.54) is 11.3 Å². The first-order valence-electron chi connectivity index (χ1n) is 9.82. The minimum atomic E-state index is -4.56. The molecule has 158 valence electrons. The van der Waals surface area contributed by atoms with Gasteiger partial charge in [0, 0.05) is 31.7 Å². The second-order valence-electron chi connectivity index (χ2n) is 7.61. The van der Waals surface area contributed by atoms with Gasteiger partial charge in [-0.2, -0.15) is 18.3 Å². The Morgan fingerprint density at radius 1 is 1.27 bits per heavy atom. The van der Waals surface area contributed by atoms with Crippen LogP contribution in [0.5, 0.6) is 0 Å². The van der Waals surface area contributed by atoms with Crippen LogP contribution < -0.4 is 0 Å². The quantitative estimate of drug-likeness (QED) is 0.624. The number of carbonyl (C=O) groups is 1. The van der Waals surface area contributed by atoms with E-state index in [1.54, 1.807) is 28.5 Å². The maximum atomic E-state index is 13.7. The number of rotatable bonds is 3. The van der Waals surface area contributed by atoms with E-state index >= 15 is 0 Å². The molecule has 3 aromatic heterocycles. The Morgan fingerprint density at radius 3 is 2.83 bits per heavy atom. The van der Waals surface area contributed by atoms with Gasteiger partial charge in [-0.15, -0.1) is 11.3 Å². The molecule has 2 aliphatic heterocycles. The third-order valence-corrected chi connectivity index (χ3v) is 6.53. The third-order valence-electron chi connectivity index (χ3n) is 5.63. The lowest BCUT2D eigenvalue weighted by Gasteiger charge is -2.19. The summed E-state index contributed by atoms with van der Waals surface area (Å²) in [6.07, 6.45) is -2.70. The number of nitrogens with zero attached hydrogens (tertiary/aromatic N) is 4. The molecule has 2 aliphatic rings. The van der Waals surface area contributed by atoms with E-state index in [0.717, 1.165) is 23.4 Å². The van der Waals surface area contributed by atoms with Crippen LogP contribution in [0.15, 0.2) is 29.6 Å². The highest BCUT2D eigenvalue weighted by molar-refractivity contribution is 7.13. The Morgan fingerprint density at radius 2 is 2.13 bits per heavy atom. The predicted octanol–water partition coefficient (Wildman–Crippen LogP) is 3.97. The molecule has 0 N–H and O–H groups in total. The van der Waals surface area contributed by atoms with Gasteiger partial charge in [0.1, 0.15) is 6.10 Å². The van der Waals surface area contributed by atoms with E-state index < -0.39 is 18.0 Å². The molecule has 0 aliphatic carbocycles. The first kappa shape index (κ1) is 19.5. The van der Waals surface area contributed by atoms with E-state index in [4.69, 9.17) is 4.74 Å². The molecule has 10 heteroatoms. The highest BCUT2D eigenvalue weighted by Gasteiger charge is 2.37. The molecule has 0 aromatic carbocycles.